The third-order valence-corrected chi connectivity index (χ3v) is 8.55. The first-order valence-electron chi connectivity index (χ1n) is 17.6. The predicted octanol–water partition coefficient (Wildman–Crippen LogP) is 2.60. The molecule has 0 saturated carbocycles. The number of carbonyl (C=O) groups is 6. The van der Waals surface area contributed by atoms with E-state index in [4.69, 9.17) is 15.2 Å². The molecular weight excluding hydrogens is 670 g/mol. The molecule has 2 rings (SSSR count). The number of amides is 5. The topological polar surface area (TPSA) is 206 Å². The standard InChI is InChI=1S/C38H55N5O9/c1-24(2)32(37(49)51-6)42-35(47)33(25(3)22-44)41-31(45)20-14-13-19-30(21-28-15-9-7-10-16-28)40-34(46)27(5)43(36(48)26(4)39)38(50)52-23-29-17-11-8-12-18-29/h7-12,15-18,24-27,30,32-33,44H,13-14,19-23,39H2,1-6H3,(H,40,46)(H,41,45)(H,42,47)/t25?,26-,27-,30-,32?,33?/m0/s1. The summed E-state index contributed by atoms with van der Waals surface area (Å²) in [4.78, 5) is 78.7. The van der Waals surface area contributed by atoms with E-state index in [2.05, 4.69) is 16.0 Å². The third-order valence-electron chi connectivity index (χ3n) is 8.55. The summed E-state index contributed by atoms with van der Waals surface area (Å²) >= 11 is 0. The van der Waals surface area contributed by atoms with E-state index in [9.17, 15) is 33.9 Å². The van der Waals surface area contributed by atoms with Gasteiger partial charge in [-0.25, -0.2) is 14.5 Å². The maximum absolute atomic E-state index is 13.6. The summed E-state index contributed by atoms with van der Waals surface area (Å²) in [6, 6.07) is 13.6. The van der Waals surface area contributed by atoms with E-state index in [0.29, 0.717) is 31.2 Å². The molecule has 0 aliphatic carbocycles. The van der Waals surface area contributed by atoms with Gasteiger partial charge in [-0.2, -0.15) is 0 Å². The van der Waals surface area contributed by atoms with Gasteiger partial charge in [-0.1, -0.05) is 87.9 Å². The molecule has 0 aliphatic rings. The van der Waals surface area contributed by atoms with E-state index in [1.54, 1.807) is 45.0 Å². The van der Waals surface area contributed by atoms with Crippen LogP contribution in [0.4, 0.5) is 4.79 Å². The van der Waals surface area contributed by atoms with Crippen molar-refractivity contribution in [2.75, 3.05) is 13.7 Å². The number of imide groups is 1. The Bertz CT molecular complexity index is 1460. The highest BCUT2D eigenvalue weighted by Gasteiger charge is 2.35. The molecule has 6 atom stereocenters. The summed E-state index contributed by atoms with van der Waals surface area (Å²) in [7, 11) is 1.22. The van der Waals surface area contributed by atoms with Crippen LogP contribution >= 0.6 is 0 Å². The number of nitrogens with zero attached hydrogens (tertiary/aromatic N) is 1. The molecule has 0 spiro atoms. The SMILES string of the molecule is COC(=O)C(NC(=O)C(NC(=O)CCCC[C@@H](Cc1ccccc1)NC(=O)[C@H](C)N(C(=O)OCc1ccccc1)C(=O)[C@H](C)N)C(C)CO)C(C)C. The lowest BCUT2D eigenvalue weighted by Gasteiger charge is -2.29. The first-order valence-corrected chi connectivity index (χ1v) is 17.6. The Kier molecular flexibility index (Phi) is 18.5. The van der Waals surface area contributed by atoms with Crippen molar-refractivity contribution in [2.24, 2.45) is 17.6 Å². The van der Waals surface area contributed by atoms with Crippen LogP contribution in [-0.4, -0.2) is 89.6 Å². The van der Waals surface area contributed by atoms with Crippen LogP contribution in [0.15, 0.2) is 60.7 Å². The fourth-order valence-corrected chi connectivity index (χ4v) is 5.37. The Morgan fingerprint density at radius 3 is 1.92 bits per heavy atom. The van der Waals surface area contributed by atoms with E-state index in [1.807, 2.05) is 36.4 Å². The van der Waals surface area contributed by atoms with Crippen molar-refractivity contribution in [3.8, 4) is 0 Å². The normalized spacial score (nSPS) is 14.5. The first kappa shape index (κ1) is 43.3. The number of aliphatic hydroxyl groups excluding tert-OH is 1. The Labute approximate surface area is 306 Å². The maximum atomic E-state index is 13.6. The smallest absolute Gasteiger partial charge is 0.417 e. The average molecular weight is 726 g/mol. The fraction of sp³-hybridized carbons (Fsp3) is 0.526. The van der Waals surface area contributed by atoms with Crippen LogP contribution in [0.25, 0.3) is 0 Å². The van der Waals surface area contributed by atoms with Crippen molar-refractivity contribution in [1.29, 1.82) is 0 Å². The van der Waals surface area contributed by atoms with Crippen molar-refractivity contribution in [3.05, 3.63) is 71.8 Å². The van der Waals surface area contributed by atoms with Crippen LogP contribution in [-0.2, 0) is 46.5 Å². The zero-order valence-electron chi connectivity index (χ0n) is 31.0. The third kappa shape index (κ3) is 14.1. The molecule has 0 heterocycles. The number of aliphatic hydroxyl groups is 1. The predicted molar refractivity (Wildman–Crippen MR) is 194 cm³/mol. The van der Waals surface area contributed by atoms with E-state index in [0.717, 1.165) is 10.5 Å². The molecule has 0 aromatic heterocycles. The lowest BCUT2D eigenvalue weighted by atomic mass is 9.98. The molecule has 5 amide bonds. The van der Waals surface area contributed by atoms with Gasteiger partial charge in [0.25, 0.3) is 0 Å². The van der Waals surface area contributed by atoms with Crippen molar-refractivity contribution in [2.45, 2.75) is 104 Å². The molecular formula is C38H55N5O9. The molecule has 52 heavy (non-hydrogen) atoms. The number of hydrogen-bond donors (Lipinski definition) is 5. The van der Waals surface area contributed by atoms with Gasteiger partial charge in [-0.3, -0.25) is 19.2 Å². The number of esters is 1. The van der Waals surface area contributed by atoms with Crippen molar-refractivity contribution in [3.63, 3.8) is 0 Å². The van der Waals surface area contributed by atoms with Crippen LogP contribution in [0.3, 0.4) is 0 Å². The van der Waals surface area contributed by atoms with E-state index >= 15 is 0 Å². The highest BCUT2D eigenvalue weighted by Crippen LogP contribution is 2.15. The molecule has 14 heteroatoms. The molecule has 0 saturated heterocycles. The Morgan fingerprint density at radius 2 is 1.38 bits per heavy atom. The number of methoxy groups -OCH3 is 1. The van der Waals surface area contributed by atoms with Gasteiger partial charge in [0.05, 0.1) is 13.2 Å². The summed E-state index contributed by atoms with van der Waals surface area (Å²) in [6.07, 6.45) is 0.865. The number of carbonyl (C=O) groups excluding carboxylic acids is 6. The summed E-state index contributed by atoms with van der Waals surface area (Å²) in [5.74, 6) is -3.90. The van der Waals surface area contributed by atoms with Gasteiger partial charge in [0.1, 0.15) is 24.7 Å². The summed E-state index contributed by atoms with van der Waals surface area (Å²) in [5, 5.41) is 18.0. The van der Waals surface area contributed by atoms with E-state index < -0.39 is 71.8 Å². The Balaban J connectivity index is 2.09. The Morgan fingerprint density at radius 1 is 0.788 bits per heavy atom. The minimum absolute atomic E-state index is 0.0544. The van der Waals surface area contributed by atoms with Crippen LogP contribution in [0.1, 0.15) is 71.4 Å². The van der Waals surface area contributed by atoms with Gasteiger partial charge in [-0.05, 0) is 50.2 Å². The van der Waals surface area contributed by atoms with Crippen LogP contribution < -0.4 is 21.7 Å². The zero-order valence-corrected chi connectivity index (χ0v) is 31.0. The quantitative estimate of drug-likeness (QED) is 0.0997. The number of nitrogens with two attached hydrogens (primary N) is 1. The number of unbranched alkanes of at least 4 members (excludes halogenated alkanes) is 1. The molecule has 0 radical (unpaired) electrons. The van der Waals surface area contributed by atoms with Gasteiger partial charge in [0.2, 0.25) is 23.6 Å². The van der Waals surface area contributed by atoms with Gasteiger partial charge < -0.3 is 36.3 Å². The lowest BCUT2D eigenvalue weighted by Crippen LogP contribution is -2.56. The molecule has 14 nitrogen and oxygen atoms in total. The molecule has 286 valence electrons. The summed E-state index contributed by atoms with van der Waals surface area (Å²) < 4.78 is 10.2. The molecule has 0 aliphatic heterocycles. The van der Waals surface area contributed by atoms with Gasteiger partial charge in [0, 0.05) is 25.0 Å². The number of nitrogens with one attached hydrogen (secondary N) is 3. The number of benzene rings is 2. The summed E-state index contributed by atoms with van der Waals surface area (Å²) in [5.41, 5.74) is 7.49. The fourth-order valence-electron chi connectivity index (χ4n) is 5.37. The van der Waals surface area contributed by atoms with Crippen molar-refractivity contribution in [1.82, 2.24) is 20.9 Å². The maximum Gasteiger partial charge on any atom is 0.417 e. The monoisotopic (exact) mass is 725 g/mol. The van der Waals surface area contributed by atoms with Crippen LogP contribution in [0.5, 0.6) is 0 Å². The molecule has 0 bridgehead atoms. The van der Waals surface area contributed by atoms with Gasteiger partial charge >= 0.3 is 12.1 Å². The second-order valence-corrected chi connectivity index (χ2v) is 13.3. The average Bonchev–Trinajstić information content (AvgIpc) is 3.13. The molecule has 0 fully saturated rings. The number of rotatable bonds is 20. The van der Waals surface area contributed by atoms with Gasteiger partial charge in [0.15, 0.2) is 0 Å². The van der Waals surface area contributed by atoms with Crippen LogP contribution in [0.2, 0.25) is 0 Å². The number of ether oxygens (including phenoxy) is 2. The summed E-state index contributed by atoms with van der Waals surface area (Å²) in [6.45, 7) is 7.47. The highest BCUT2D eigenvalue weighted by molar-refractivity contribution is 5.99. The molecule has 6 N–H and O–H groups in total. The molecule has 2 aromatic carbocycles. The minimum atomic E-state index is -1.24. The first-order chi connectivity index (χ1) is 24.7. The van der Waals surface area contributed by atoms with E-state index in [1.165, 1.54) is 21.0 Å². The molecule has 3 unspecified atom stereocenters. The number of hydrogen-bond acceptors (Lipinski definition) is 10. The zero-order chi connectivity index (χ0) is 38.8. The molecule has 2 aromatic rings. The van der Waals surface area contributed by atoms with Crippen molar-refractivity contribution >= 4 is 35.7 Å². The van der Waals surface area contributed by atoms with Gasteiger partial charge in [-0.15, -0.1) is 0 Å². The van der Waals surface area contributed by atoms with Crippen LogP contribution in [0, 0.1) is 11.8 Å². The highest BCUT2D eigenvalue weighted by atomic mass is 16.6. The second kappa shape index (κ2) is 22.2. The second-order valence-electron chi connectivity index (χ2n) is 13.3. The lowest BCUT2D eigenvalue weighted by molar-refractivity contribution is -0.147. The van der Waals surface area contributed by atoms with E-state index in [-0.39, 0.29) is 25.6 Å². The Hall–Kier alpha value is -4.82. The minimum Gasteiger partial charge on any atom is -0.467 e. The largest absolute Gasteiger partial charge is 0.467 e. The van der Waals surface area contributed by atoms with Crippen molar-refractivity contribution < 1.29 is 43.3 Å².